The molecule has 2 saturated heterocycles. The summed E-state index contributed by atoms with van der Waals surface area (Å²) in [6.07, 6.45) is -4.99. The van der Waals surface area contributed by atoms with Gasteiger partial charge in [0.15, 0.2) is 12.5 Å². The van der Waals surface area contributed by atoms with Crippen LogP contribution in [0.3, 0.4) is 0 Å². The fourth-order valence-electron chi connectivity index (χ4n) is 3.70. The zero-order valence-electron chi connectivity index (χ0n) is 19.1. The van der Waals surface area contributed by atoms with Crippen LogP contribution in [0.15, 0.2) is 34.1 Å². The Morgan fingerprint density at radius 2 is 1.47 bits per heavy atom. The molecule has 2 aromatic heterocycles. The van der Waals surface area contributed by atoms with Crippen LogP contribution < -0.4 is 27.7 Å². The Kier molecular flexibility index (Phi) is 9.99. The van der Waals surface area contributed by atoms with Gasteiger partial charge in [-0.2, -0.15) is 9.97 Å². The summed E-state index contributed by atoms with van der Waals surface area (Å²) in [5.41, 5.74) is 4.59. The average Bonchev–Trinajstić information content (AvgIpc) is 3.20. The predicted octanol–water partition coefficient (Wildman–Crippen LogP) is -4.54. The number of rotatable bonds is 2. The van der Waals surface area contributed by atoms with E-state index < -0.39 is 66.8 Å². The largest absolute Gasteiger partial charge is 0.462 e. The first-order valence-electron chi connectivity index (χ1n) is 10.4. The highest BCUT2D eigenvalue weighted by Gasteiger charge is 2.46. The number of ether oxygens (including phenoxy) is 3. The molecule has 3 aliphatic rings. The monoisotopic (exact) mass is 518 g/mol. The lowest BCUT2D eigenvalue weighted by molar-refractivity contribution is -0.0523. The van der Waals surface area contributed by atoms with Gasteiger partial charge in [-0.3, -0.25) is 18.7 Å². The Labute approximate surface area is 203 Å². The summed E-state index contributed by atoms with van der Waals surface area (Å²) in [7, 11) is 1.00. The molecule has 8 atom stereocenters. The Balaban J connectivity index is 0.000000231. The molecule has 11 N–H and O–H groups in total. The third kappa shape index (κ3) is 5.69. The number of hydrogen-bond donors (Lipinski definition) is 8. The quantitative estimate of drug-likeness (QED) is 0.186. The van der Waals surface area contributed by atoms with E-state index in [9.17, 15) is 30.0 Å². The number of nitrogens with two attached hydrogens (primary N) is 1. The summed E-state index contributed by atoms with van der Waals surface area (Å²) in [6.45, 7) is -0.368. The number of nitrogen functional groups attached to an aromatic ring is 1. The second kappa shape index (κ2) is 12.3. The Bertz CT molecular complexity index is 1110. The van der Waals surface area contributed by atoms with E-state index in [1.807, 2.05) is 0 Å². The third-order valence-electron chi connectivity index (χ3n) is 5.45. The summed E-state index contributed by atoms with van der Waals surface area (Å²) in [5, 5.41) is 54.6. The minimum Gasteiger partial charge on any atom is -0.462 e. The first kappa shape index (κ1) is 29.2. The Morgan fingerprint density at radius 3 is 2.06 bits per heavy atom. The zero-order valence-corrected chi connectivity index (χ0v) is 19.1. The molecule has 3 aliphatic heterocycles. The number of aliphatic hydroxyl groups excluding tert-OH is 6. The fourth-order valence-corrected chi connectivity index (χ4v) is 3.70. The maximum atomic E-state index is 11.0. The summed E-state index contributed by atoms with van der Waals surface area (Å²) < 4.78 is 18.5. The minimum atomic E-state index is -1.25. The highest BCUT2D eigenvalue weighted by Crippen LogP contribution is 2.34. The van der Waals surface area contributed by atoms with Crippen molar-refractivity contribution < 1.29 is 44.8 Å². The van der Waals surface area contributed by atoms with Gasteiger partial charge in [-0.1, -0.05) is 0 Å². The summed E-state index contributed by atoms with van der Waals surface area (Å²) in [4.78, 5) is 29.1. The van der Waals surface area contributed by atoms with Crippen molar-refractivity contribution in [1.82, 2.24) is 25.3 Å². The van der Waals surface area contributed by atoms with Gasteiger partial charge in [0.2, 0.25) is 5.95 Å². The van der Waals surface area contributed by atoms with Crippen molar-refractivity contribution in [2.45, 2.75) is 49.1 Å². The number of aliphatic hydroxyl groups is 6. The molecule has 5 rings (SSSR count). The van der Waals surface area contributed by atoms with Crippen molar-refractivity contribution in [3.8, 4) is 6.01 Å². The number of hydrogen-bond acceptors (Lipinski definition) is 15. The number of anilines is 1. The van der Waals surface area contributed by atoms with Crippen LogP contribution in [0.2, 0.25) is 0 Å². The van der Waals surface area contributed by atoms with Crippen molar-refractivity contribution >= 4 is 5.95 Å². The van der Waals surface area contributed by atoms with Crippen LogP contribution >= 0.6 is 0 Å². The molecule has 0 aliphatic carbocycles. The summed E-state index contributed by atoms with van der Waals surface area (Å²) in [5.74, 6) is -0.132. The maximum absolute atomic E-state index is 11.0. The van der Waals surface area contributed by atoms with E-state index in [1.165, 1.54) is 27.6 Å². The zero-order chi connectivity index (χ0) is 25.9. The van der Waals surface area contributed by atoms with Crippen LogP contribution in [0.1, 0.15) is 12.5 Å². The molecule has 0 aromatic carbocycles. The third-order valence-corrected chi connectivity index (χ3v) is 5.45. The Hall–Kier alpha value is -3.00. The standard InChI is InChI=1S/C9H13N3O5.C9H10N2O5.CH4O.H3N/c10-9-11-5(14)1-2-12(9)8-7(16)6(15)4(3-13)17-8;12-5-1-2-11-8-7(14)6(13)4(16-8)3-15-9(11)10-5;1-2;/h1-2,4,6-8,13,15-16H,3H2,(H2,10,11,14);1-2,4,6-8,13-14H,3H2;2H,1H3;1H3/t2*4-,6-,7-,8-;;/m11../s1. The van der Waals surface area contributed by atoms with Crippen LogP contribution in [0.25, 0.3) is 0 Å². The second-order valence-corrected chi connectivity index (χ2v) is 7.57. The van der Waals surface area contributed by atoms with Gasteiger partial charge in [0.1, 0.15) is 43.2 Å². The van der Waals surface area contributed by atoms with Crippen molar-refractivity contribution in [2.24, 2.45) is 0 Å². The van der Waals surface area contributed by atoms with Gasteiger partial charge in [0.05, 0.1) is 6.61 Å². The van der Waals surface area contributed by atoms with Gasteiger partial charge >= 0.3 is 6.01 Å². The highest BCUT2D eigenvalue weighted by molar-refractivity contribution is 5.18. The summed E-state index contributed by atoms with van der Waals surface area (Å²) >= 11 is 0. The minimum absolute atomic E-state index is 0. The normalized spacial score (nSPS) is 31.9. The van der Waals surface area contributed by atoms with Crippen LogP contribution in [0.5, 0.6) is 6.01 Å². The molecule has 0 amide bonds. The van der Waals surface area contributed by atoms with Crippen molar-refractivity contribution in [3.63, 3.8) is 0 Å². The molecule has 2 fully saturated rings. The van der Waals surface area contributed by atoms with Crippen LogP contribution in [0, 0.1) is 0 Å². The molecular formula is C19H30N6O11. The van der Waals surface area contributed by atoms with E-state index >= 15 is 0 Å². The van der Waals surface area contributed by atoms with E-state index in [-0.39, 0.29) is 24.7 Å². The maximum Gasteiger partial charge on any atom is 0.302 e. The van der Waals surface area contributed by atoms with Crippen LogP contribution in [0.4, 0.5) is 5.95 Å². The first-order chi connectivity index (χ1) is 16.7. The van der Waals surface area contributed by atoms with E-state index in [2.05, 4.69) is 9.97 Å². The Morgan fingerprint density at radius 1 is 0.917 bits per heavy atom. The molecular weight excluding hydrogens is 488 g/mol. The topological polar surface area (TPSA) is 280 Å². The summed E-state index contributed by atoms with van der Waals surface area (Å²) in [6, 6.07) is 2.50. The van der Waals surface area contributed by atoms with E-state index in [0.29, 0.717) is 0 Å². The number of nitrogens with zero attached hydrogens (tertiary/aromatic N) is 4. The van der Waals surface area contributed by atoms with E-state index in [4.69, 9.17) is 30.2 Å². The van der Waals surface area contributed by atoms with Gasteiger partial charge < -0.3 is 56.7 Å². The lowest BCUT2D eigenvalue weighted by Crippen LogP contribution is -2.37. The lowest BCUT2D eigenvalue weighted by Gasteiger charge is -2.20. The van der Waals surface area contributed by atoms with Crippen LogP contribution in [-0.2, 0) is 9.47 Å². The molecule has 36 heavy (non-hydrogen) atoms. The number of aromatic nitrogens is 4. The molecule has 0 radical (unpaired) electrons. The SMILES string of the molecule is CO.N.Nc1nc(=O)ccn1[C@@H]1O[C@H](CO)[C@@H](O)[C@H]1O.O=c1ccn2c(n1)OC[C@H]1O[C@@H]2[C@H](O)[C@@H]1O. The smallest absolute Gasteiger partial charge is 0.302 e. The lowest BCUT2D eigenvalue weighted by atomic mass is 10.1. The van der Waals surface area contributed by atoms with Crippen molar-refractivity contribution in [2.75, 3.05) is 26.1 Å². The molecule has 0 spiro atoms. The first-order valence-corrected chi connectivity index (χ1v) is 10.4. The molecule has 0 unspecified atom stereocenters. The molecule has 5 heterocycles. The van der Waals surface area contributed by atoms with E-state index in [1.54, 1.807) is 0 Å². The average molecular weight is 518 g/mol. The van der Waals surface area contributed by atoms with Gasteiger partial charge in [0, 0.05) is 31.6 Å². The van der Waals surface area contributed by atoms with Crippen molar-refractivity contribution in [1.29, 1.82) is 0 Å². The van der Waals surface area contributed by atoms with Crippen LogP contribution in [-0.4, -0.2) is 107 Å². The second-order valence-electron chi connectivity index (χ2n) is 7.57. The van der Waals surface area contributed by atoms with Crippen molar-refractivity contribution in [3.05, 3.63) is 45.2 Å². The van der Waals surface area contributed by atoms with Gasteiger partial charge in [-0.25, -0.2) is 0 Å². The highest BCUT2D eigenvalue weighted by atomic mass is 16.6. The van der Waals surface area contributed by atoms with E-state index in [0.717, 1.165) is 13.2 Å². The number of fused-ring (bicyclic) bond motifs is 4. The van der Waals surface area contributed by atoms with Gasteiger partial charge in [-0.15, -0.1) is 0 Å². The molecule has 2 bridgehead atoms. The van der Waals surface area contributed by atoms with Gasteiger partial charge in [-0.05, 0) is 0 Å². The molecule has 202 valence electrons. The molecule has 17 heteroatoms. The molecule has 17 nitrogen and oxygen atoms in total. The predicted molar refractivity (Wildman–Crippen MR) is 119 cm³/mol. The molecule has 0 saturated carbocycles. The molecule has 2 aromatic rings. The van der Waals surface area contributed by atoms with Gasteiger partial charge in [0.25, 0.3) is 11.1 Å². The fraction of sp³-hybridized carbons (Fsp3) is 0.579.